The molecule has 4 nitrogen and oxygen atoms in total. The Bertz CT molecular complexity index is 464. The van der Waals surface area contributed by atoms with Crippen molar-refractivity contribution in [3.05, 3.63) is 54.0 Å². The van der Waals surface area contributed by atoms with Crippen molar-refractivity contribution in [3.63, 3.8) is 0 Å². The first-order valence-corrected chi connectivity index (χ1v) is 5.81. The number of nitrogens with two attached hydrogens (primary N) is 1. The van der Waals surface area contributed by atoms with Crippen molar-refractivity contribution in [2.75, 3.05) is 13.7 Å². The summed E-state index contributed by atoms with van der Waals surface area (Å²) in [6.45, 7) is 0.341. The average molecular weight is 247 g/mol. The Labute approximate surface area is 106 Å². The standard InChI is InChI=1S/C14H17NO3/c1-17-11-6-4-10(5-7-11)12(9-15)14(16)13-3-2-8-18-13/h2-8,12,14,16H,9,15H2,1H3. The molecule has 0 saturated heterocycles. The van der Waals surface area contributed by atoms with Gasteiger partial charge in [0.1, 0.15) is 17.6 Å². The summed E-state index contributed by atoms with van der Waals surface area (Å²) in [5, 5.41) is 10.2. The summed E-state index contributed by atoms with van der Waals surface area (Å²) < 4.78 is 10.3. The van der Waals surface area contributed by atoms with E-state index in [4.69, 9.17) is 14.9 Å². The minimum atomic E-state index is -0.738. The molecule has 0 fully saturated rings. The maximum atomic E-state index is 10.2. The number of rotatable bonds is 5. The Balaban J connectivity index is 2.21. The van der Waals surface area contributed by atoms with Gasteiger partial charge in [-0.05, 0) is 29.8 Å². The smallest absolute Gasteiger partial charge is 0.132 e. The molecule has 1 aromatic carbocycles. The van der Waals surface area contributed by atoms with Crippen LogP contribution >= 0.6 is 0 Å². The molecule has 0 amide bonds. The molecule has 0 aliphatic heterocycles. The predicted octanol–water partition coefficient (Wildman–Crippen LogP) is 2.06. The van der Waals surface area contributed by atoms with Gasteiger partial charge in [-0.25, -0.2) is 0 Å². The van der Waals surface area contributed by atoms with Crippen LogP contribution in [0.25, 0.3) is 0 Å². The van der Waals surface area contributed by atoms with Crippen LogP contribution in [0.2, 0.25) is 0 Å². The molecular formula is C14H17NO3. The van der Waals surface area contributed by atoms with Gasteiger partial charge in [0.15, 0.2) is 0 Å². The second-order valence-corrected chi connectivity index (χ2v) is 4.08. The summed E-state index contributed by atoms with van der Waals surface area (Å²) >= 11 is 0. The number of hydrogen-bond acceptors (Lipinski definition) is 4. The maximum absolute atomic E-state index is 10.2. The van der Waals surface area contributed by atoms with Crippen molar-refractivity contribution in [3.8, 4) is 5.75 Å². The van der Waals surface area contributed by atoms with Crippen molar-refractivity contribution >= 4 is 0 Å². The van der Waals surface area contributed by atoms with E-state index in [1.807, 2.05) is 24.3 Å². The Morgan fingerprint density at radius 1 is 1.28 bits per heavy atom. The molecule has 0 radical (unpaired) electrons. The molecule has 18 heavy (non-hydrogen) atoms. The zero-order valence-corrected chi connectivity index (χ0v) is 10.2. The van der Waals surface area contributed by atoms with E-state index in [9.17, 15) is 5.11 Å². The first-order chi connectivity index (χ1) is 8.76. The van der Waals surface area contributed by atoms with Crippen molar-refractivity contribution in [2.45, 2.75) is 12.0 Å². The number of aliphatic hydroxyl groups excluding tert-OH is 1. The van der Waals surface area contributed by atoms with Crippen molar-refractivity contribution in [1.29, 1.82) is 0 Å². The third-order valence-corrected chi connectivity index (χ3v) is 3.01. The molecule has 1 heterocycles. The monoisotopic (exact) mass is 247 g/mol. The molecule has 4 heteroatoms. The molecule has 0 saturated carbocycles. The van der Waals surface area contributed by atoms with Gasteiger partial charge in [0.2, 0.25) is 0 Å². The van der Waals surface area contributed by atoms with E-state index in [1.165, 1.54) is 0 Å². The topological polar surface area (TPSA) is 68.6 Å². The van der Waals surface area contributed by atoms with Gasteiger partial charge in [-0.15, -0.1) is 0 Å². The summed E-state index contributed by atoms with van der Waals surface area (Å²) in [6.07, 6.45) is 0.804. The number of methoxy groups -OCH3 is 1. The van der Waals surface area contributed by atoms with Gasteiger partial charge in [-0.1, -0.05) is 12.1 Å². The highest BCUT2D eigenvalue weighted by molar-refractivity contribution is 5.31. The van der Waals surface area contributed by atoms with E-state index in [2.05, 4.69) is 0 Å². The largest absolute Gasteiger partial charge is 0.497 e. The van der Waals surface area contributed by atoms with Crippen LogP contribution < -0.4 is 10.5 Å². The van der Waals surface area contributed by atoms with Crippen LogP contribution in [0.1, 0.15) is 23.3 Å². The Kier molecular flexibility index (Phi) is 4.02. The van der Waals surface area contributed by atoms with Crippen LogP contribution in [0.15, 0.2) is 47.1 Å². The van der Waals surface area contributed by atoms with E-state index < -0.39 is 6.10 Å². The van der Waals surface area contributed by atoms with Gasteiger partial charge in [0.25, 0.3) is 0 Å². The third-order valence-electron chi connectivity index (χ3n) is 3.01. The molecular weight excluding hydrogens is 230 g/mol. The minimum absolute atomic E-state index is 0.193. The lowest BCUT2D eigenvalue weighted by Gasteiger charge is -2.20. The lowest BCUT2D eigenvalue weighted by Crippen LogP contribution is -2.19. The SMILES string of the molecule is COc1ccc(C(CN)C(O)c2ccco2)cc1. The molecule has 2 aromatic rings. The zero-order valence-electron chi connectivity index (χ0n) is 10.2. The quantitative estimate of drug-likeness (QED) is 0.848. The Hall–Kier alpha value is -1.78. The van der Waals surface area contributed by atoms with Crippen LogP contribution in [-0.2, 0) is 0 Å². The fourth-order valence-corrected chi connectivity index (χ4v) is 1.96. The third kappa shape index (κ3) is 2.55. The summed E-state index contributed by atoms with van der Waals surface area (Å²) in [4.78, 5) is 0. The molecule has 0 bridgehead atoms. The first kappa shape index (κ1) is 12.7. The van der Waals surface area contributed by atoms with Gasteiger partial charge >= 0.3 is 0 Å². The predicted molar refractivity (Wildman–Crippen MR) is 68.5 cm³/mol. The molecule has 96 valence electrons. The van der Waals surface area contributed by atoms with E-state index in [0.717, 1.165) is 11.3 Å². The van der Waals surface area contributed by atoms with Crippen LogP contribution in [0.5, 0.6) is 5.75 Å². The highest BCUT2D eigenvalue weighted by Crippen LogP contribution is 2.31. The molecule has 0 spiro atoms. The summed E-state index contributed by atoms with van der Waals surface area (Å²) in [5.74, 6) is 1.12. The lowest BCUT2D eigenvalue weighted by atomic mass is 9.92. The molecule has 2 rings (SSSR count). The van der Waals surface area contributed by atoms with E-state index in [0.29, 0.717) is 12.3 Å². The molecule has 3 N–H and O–H groups in total. The Morgan fingerprint density at radius 2 is 2.00 bits per heavy atom. The van der Waals surface area contributed by atoms with Gasteiger partial charge in [0.05, 0.1) is 13.4 Å². The van der Waals surface area contributed by atoms with E-state index in [1.54, 1.807) is 25.5 Å². The van der Waals surface area contributed by atoms with Gasteiger partial charge < -0.3 is 20.0 Å². The van der Waals surface area contributed by atoms with E-state index >= 15 is 0 Å². The second kappa shape index (κ2) is 5.71. The van der Waals surface area contributed by atoms with Crippen LogP contribution in [0, 0.1) is 0 Å². The van der Waals surface area contributed by atoms with Gasteiger partial charge in [-0.3, -0.25) is 0 Å². The first-order valence-electron chi connectivity index (χ1n) is 5.81. The Morgan fingerprint density at radius 3 is 2.50 bits per heavy atom. The second-order valence-electron chi connectivity index (χ2n) is 4.08. The fraction of sp³-hybridized carbons (Fsp3) is 0.286. The number of ether oxygens (including phenoxy) is 1. The van der Waals surface area contributed by atoms with E-state index in [-0.39, 0.29) is 5.92 Å². The van der Waals surface area contributed by atoms with Crippen LogP contribution in [0.4, 0.5) is 0 Å². The summed E-state index contributed by atoms with van der Waals surface area (Å²) in [7, 11) is 1.62. The molecule has 2 unspecified atom stereocenters. The fourth-order valence-electron chi connectivity index (χ4n) is 1.96. The van der Waals surface area contributed by atoms with Crippen LogP contribution in [0.3, 0.4) is 0 Å². The molecule has 2 atom stereocenters. The summed E-state index contributed by atoms with van der Waals surface area (Å²) in [6, 6.07) is 11.0. The normalized spacial score (nSPS) is 14.2. The summed E-state index contributed by atoms with van der Waals surface area (Å²) in [5.41, 5.74) is 6.71. The van der Waals surface area contributed by atoms with Crippen LogP contribution in [-0.4, -0.2) is 18.8 Å². The van der Waals surface area contributed by atoms with Crippen molar-refractivity contribution < 1.29 is 14.3 Å². The molecule has 0 aliphatic carbocycles. The molecule has 0 aliphatic rings. The zero-order chi connectivity index (χ0) is 13.0. The highest BCUT2D eigenvalue weighted by atomic mass is 16.5. The minimum Gasteiger partial charge on any atom is -0.497 e. The van der Waals surface area contributed by atoms with Gasteiger partial charge in [-0.2, -0.15) is 0 Å². The average Bonchev–Trinajstić information content (AvgIpc) is 2.94. The highest BCUT2D eigenvalue weighted by Gasteiger charge is 2.23. The number of aliphatic hydroxyl groups is 1. The number of furan rings is 1. The lowest BCUT2D eigenvalue weighted by molar-refractivity contribution is 0.122. The number of benzene rings is 1. The maximum Gasteiger partial charge on any atom is 0.132 e. The molecule has 1 aromatic heterocycles. The number of hydrogen-bond donors (Lipinski definition) is 2. The van der Waals surface area contributed by atoms with Crippen molar-refractivity contribution in [2.24, 2.45) is 5.73 Å². The van der Waals surface area contributed by atoms with Crippen molar-refractivity contribution in [1.82, 2.24) is 0 Å². The van der Waals surface area contributed by atoms with Gasteiger partial charge in [0, 0.05) is 12.5 Å².